The lowest BCUT2D eigenvalue weighted by Crippen LogP contribution is -2.28. The second-order valence-electron chi connectivity index (χ2n) is 6.91. The molecule has 31 heavy (non-hydrogen) atoms. The first-order valence-electron chi connectivity index (χ1n) is 9.40. The first-order valence-corrected chi connectivity index (χ1v) is 9.78. The van der Waals surface area contributed by atoms with Crippen LogP contribution in [-0.4, -0.2) is 29.5 Å². The highest BCUT2D eigenvalue weighted by atomic mass is 35.5. The quantitative estimate of drug-likeness (QED) is 0.442. The maximum atomic E-state index is 14.5. The summed E-state index contributed by atoms with van der Waals surface area (Å²) in [5.41, 5.74) is 1.34. The largest absolute Gasteiger partial charge is 0.358 e. The number of aromatic nitrogens is 6. The van der Waals surface area contributed by atoms with Gasteiger partial charge in [0, 0.05) is 5.02 Å². The van der Waals surface area contributed by atoms with Crippen LogP contribution in [0, 0.1) is 5.82 Å². The zero-order chi connectivity index (χ0) is 21.5. The van der Waals surface area contributed by atoms with E-state index < -0.39 is 17.4 Å². The highest BCUT2D eigenvalue weighted by Crippen LogP contribution is 2.25. The second kappa shape index (κ2) is 7.44. The Morgan fingerprint density at radius 3 is 2.84 bits per heavy atom. The van der Waals surface area contributed by atoms with E-state index in [9.17, 15) is 9.18 Å². The van der Waals surface area contributed by atoms with Gasteiger partial charge in [0.2, 0.25) is 0 Å². The molecule has 8 nitrogen and oxygen atoms in total. The number of fused-ring (bicyclic) bond motifs is 2. The molecule has 1 atom stereocenters. The minimum Gasteiger partial charge on any atom is -0.358 e. The topological polar surface area (TPSA) is 101 Å². The Balaban J connectivity index is 1.72. The van der Waals surface area contributed by atoms with Gasteiger partial charge in [0.05, 0.1) is 23.6 Å². The molecule has 1 unspecified atom stereocenters. The first-order chi connectivity index (χ1) is 15.0. The molecule has 3 heterocycles. The number of hydrogen-bond acceptors (Lipinski definition) is 6. The summed E-state index contributed by atoms with van der Waals surface area (Å²) < 4.78 is 15.9. The molecule has 10 heteroatoms. The third kappa shape index (κ3) is 3.28. The van der Waals surface area contributed by atoms with Crippen molar-refractivity contribution in [2.45, 2.75) is 13.0 Å². The predicted molar refractivity (Wildman–Crippen MR) is 116 cm³/mol. The van der Waals surface area contributed by atoms with Crippen molar-refractivity contribution < 1.29 is 4.39 Å². The maximum absolute atomic E-state index is 14.5. The van der Waals surface area contributed by atoms with E-state index >= 15 is 0 Å². The van der Waals surface area contributed by atoms with E-state index in [4.69, 9.17) is 11.6 Å². The van der Waals surface area contributed by atoms with Gasteiger partial charge in [-0.3, -0.25) is 9.36 Å². The molecule has 0 aliphatic carbocycles. The number of nitrogens with zero attached hydrogens (tertiary/aromatic N) is 5. The van der Waals surface area contributed by atoms with E-state index in [0.717, 1.165) is 0 Å². The highest BCUT2D eigenvalue weighted by molar-refractivity contribution is 6.30. The van der Waals surface area contributed by atoms with Gasteiger partial charge in [-0.1, -0.05) is 23.7 Å². The molecule has 0 radical (unpaired) electrons. The summed E-state index contributed by atoms with van der Waals surface area (Å²) in [4.78, 5) is 33.5. The van der Waals surface area contributed by atoms with Crippen LogP contribution >= 0.6 is 11.6 Å². The third-order valence-electron chi connectivity index (χ3n) is 4.90. The van der Waals surface area contributed by atoms with Gasteiger partial charge in [-0.15, -0.1) is 0 Å². The van der Waals surface area contributed by atoms with Gasteiger partial charge in [0.15, 0.2) is 11.5 Å². The molecule has 3 aromatic heterocycles. The van der Waals surface area contributed by atoms with E-state index in [1.54, 1.807) is 30.3 Å². The Morgan fingerprint density at radius 1 is 1.16 bits per heavy atom. The minimum absolute atomic E-state index is 0.0878. The number of halogens is 2. The van der Waals surface area contributed by atoms with Crippen molar-refractivity contribution in [2.24, 2.45) is 0 Å². The number of anilines is 1. The van der Waals surface area contributed by atoms with Crippen molar-refractivity contribution in [2.75, 3.05) is 5.32 Å². The summed E-state index contributed by atoms with van der Waals surface area (Å²) in [5, 5.41) is 3.59. The third-order valence-corrected chi connectivity index (χ3v) is 5.13. The molecule has 0 amide bonds. The SMILES string of the molecule is CC(Nc1ncnc2[nH]cnc12)c1nc2cccc(F)c2c(=O)n1-c1cccc(Cl)c1. The van der Waals surface area contributed by atoms with E-state index in [0.29, 0.717) is 33.5 Å². The number of H-pyrrole nitrogens is 1. The fraction of sp³-hybridized carbons (Fsp3) is 0.0952. The van der Waals surface area contributed by atoms with Crippen LogP contribution in [0.1, 0.15) is 18.8 Å². The van der Waals surface area contributed by atoms with Crippen LogP contribution in [0.25, 0.3) is 27.8 Å². The van der Waals surface area contributed by atoms with Crippen LogP contribution in [0.15, 0.2) is 59.9 Å². The van der Waals surface area contributed by atoms with Crippen LogP contribution in [0.3, 0.4) is 0 Å². The molecule has 0 aliphatic heterocycles. The van der Waals surface area contributed by atoms with Crippen LogP contribution < -0.4 is 10.9 Å². The summed E-state index contributed by atoms with van der Waals surface area (Å²) in [7, 11) is 0. The van der Waals surface area contributed by atoms with Crippen molar-refractivity contribution in [1.29, 1.82) is 0 Å². The Morgan fingerprint density at radius 2 is 2.00 bits per heavy atom. The van der Waals surface area contributed by atoms with Crippen LogP contribution in [-0.2, 0) is 0 Å². The Bertz CT molecular complexity index is 1500. The fourth-order valence-electron chi connectivity index (χ4n) is 3.50. The van der Waals surface area contributed by atoms with E-state index in [-0.39, 0.29) is 10.9 Å². The maximum Gasteiger partial charge on any atom is 0.269 e. The highest BCUT2D eigenvalue weighted by Gasteiger charge is 2.21. The molecule has 2 aromatic carbocycles. The van der Waals surface area contributed by atoms with Gasteiger partial charge in [-0.2, -0.15) is 0 Å². The normalized spacial score (nSPS) is 12.4. The molecule has 0 aliphatic rings. The van der Waals surface area contributed by atoms with Crippen molar-refractivity contribution in [3.8, 4) is 5.69 Å². The van der Waals surface area contributed by atoms with Crippen LogP contribution in [0.5, 0.6) is 0 Å². The van der Waals surface area contributed by atoms with Gasteiger partial charge in [-0.05, 0) is 37.3 Å². The summed E-state index contributed by atoms with van der Waals surface area (Å²) in [6, 6.07) is 10.6. The molecular formula is C21H15ClFN7O. The number of nitrogens with one attached hydrogen (secondary N) is 2. The monoisotopic (exact) mass is 435 g/mol. The molecule has 0 saturated carbocycles. The summed E-state index contributed by atoms with van der Waals surface area (Å²) in [6.45, 7) is 1.83. The number of hydrogen-bond donors (Lipinski definition) is 2. The predicted octanol–water partition coefficient (Wildman–Crippen LogP) is 4.02. The van der Waals surface area contributed by atoms with Gasteiger partial charge in [0.1, 0.15) is 28.9 Å². The molecular weight excluding hydrogens is 421 g/mol. The van der Waals surface area contributed by atoms with Crippen molar-refractivity contribution >= 4 is 39.5 Å². The average molecular weight is 436 g/mol. The van der Waals surface area contributed by atoms with Crippen LogP contribution in [0.4, 0.5) is 10.2 Å². The molecule has 154 valence electrons. The van der Waals surface area contributed by atoms with Crippen molar-refractivity contribution in [3.05, 3.63) is 82.1 Å². The zero-order valence-electron chi connectivity index (χ0n) is 16.2. The lowest BCUT2D eigenvalue weighted by Gasteiger charge is -2.20. The molecule has 0 bridgehead atoms. The van der Waals surface area contributed by atoms with Crippen molar-refractivity contribution in [3.63, 3.8) is 0 Å². The lowest BCUT2D eigenvalue weighted by molar-refractivity contribution is 0.635. The Labute approximate surface area is 179 Å². The van der Waals surface area contributed by atoms with E-state index in [1.807, 2.05) is 6.92 Å². The van der Waals surface area contributed by atoms with Gasteiger partial charge in [0.25, 0.3) is 5.56 Å². The number of rotatable bonds is 4. The second-order valence-corrected chi connectivity index (χ2v) is 7.35. The molecule has 0 saturated heterocycles. The van der Waals surface area contributed by atoms with E-state index in [1.165, 1.54) is 29.4 Å². The molecule has 0 spiro atoms. The Kier molecular flexibility index (Phi) is 4.59. The average Bonchev–Trinajstić information content (AvgIpc) is 3.23. The van der Waals surface area contributed by atoms with Gasteiger partial charge in [-0.25, -0.2) is 24.3 Å². The molecule has 0 fully saturated rings. The standard InChI is InChI=1S/C21H15ClFN7O/c1-11(28-19-17-18(25-9-24-17)26-10-27-19)20-29-15-7-3-6-14(23)16(15)21(31)30(20)13-5-2-4-12(22)8-13/h2-11H,1H3,(H2,24,25,26,27,28). The smallest absolute Gasteiger partial charge is 0.269 e. The summed E-state index contributed by atoms with van der Waals surface area (Å²) in [5.74, 6) is 0.213. The zero-order valence-corrected chi connectivity index (χ0v) is 16.9. The van der Waals surface area contributed by atoms with E-state index in [2.05, 4.69) is 30.2 Å². The van der Waals surface area contributed by atoms with Gasteiger partial charge < -0.3 is 10.3 Å². The van der Waals surface area contributed by atoms with Gasteiger partial charge >= 0.3 is 0 Å². The number of benzene rings is 2. The molecule has 2 N–H and O–H groups in total. The summed E-state index contributed by atoms with van der Waals surface area (Å²) >= 11 is 6.16. The number of imidazole rings is 1. The molecule has 5 rings (SSSR count). The minimum atomic E-state index is -0.632. The first kappa shape index (κ1) is 19.1. The summed E-state index contributed by atoms with van der Waals surface area (Å²) in [6.07, 6.45) is 2.93. The lowest BCUT2D eigenvalue weighted by atomic mass is 10.2. The Hall–Kier alpha value is -3.85. The fourth-order valence-corrected chi connectivity index (χ4v) is 3.69. The van der Waals surface area contributed by atoms with Crippen molar-refractivity contribution in [1.82, 2.24) is 29.5 Å². The van der Waals surface area contributed by atoms with Crippen LogP contribution in [0.2, 0.25) is 5.02 Å². The molecule has 5 aromatic rings. The number of aromatic amines is 1.